The number of hydrogen-bond acceptors (Lipinski definition) is 4. The van der Waals surface area contributed by atoms with E-state index < -0.39 is 6.10 Å². The van der Waals surface area contributed by atoms with Crippen molar-refractivity contribution in [1.29, 1.82) is 0 Å². The van der Waals surface area contributed by atoms with Gasteiger partial charge >= 0.3 is 0 Å². The summed E-state index contributed by atoms with van der Waals surface area (Å²) in [6, 6.07) is 2.05. The molecule has 1 aliphatic carbocycles. The summed E-state index contributed by atoms with van der Waals surface area (Å²) in [4.78, 5) is 14.3. The van der Waals surface area contributed by atoms with Gasteiger partial charge in [0.05, 0.1) is 17.6 Å². The number of nitrogens with one attached hydrogen (secondary N) is 1. The van der Waals surface area contributed by atoms with Crippen LogP contribution < -0.4 is 5.32 Å². The van der Waals surface area contributed by atoms with Gasteiger partial charge in [0.15, 0.2) is 0 Å². The van der Waals surface area contributed by atoms with E-state index >= 15 is 0 Å². The van der Waals surface area contributed by atoms with Gasteiger partial charge in [-0.2, -0.15) is 0 Å². The maximum atomic E-state index is 12.1. The molecule has 1 aromatic rings. The van der Waals surface area contributed by atoms with Gasteiger partial charge in [-0.05, 0) is 43.7 Å². The molecule has 0 spiro atoms. The molecule has 1 amide bonds. The average Bonchev–Trinajstić information content (AvgIpc) is 2.70. The fourth-order valence-electron chi connectivity index (χ4n) is 2.49. The Labute approximate surface area is 124 Å². The summed E-state index contributed by atoms with van der Waals surface area (Å²) in [7, 11) is 1.56. The zero-order valence-electron chi connectivity index (χ0n) is 12.0. The van der Waals surface area contributed by atoms with Crippen molar-refractivity contribution in [3.8, 4) is 0 Å². The predicted octanol–water partition coefficient (Wildman–Crippen LogP) is 2.14. The normalized spacial score (nSPS) is 16.3. The number of fused-ring (bicyclic) bond motifs is 1. The highest BCUT2D eigenvalue weighted by molar-refractivity contribution is 7.14. The summed E-state index contributed by atoms with van der Waals surface area (Å²) in [6.45, 7) is 0.787. The van der Waals surface area contributed by atoms with Gasteiger partial charge in [0.2, 0.25) is 0 Å². The second-order valence-electron chi connectivity index (χ2n) is 5.27. The number of aryl methyl sites for hydroxylation is 2. The molecular weight excluding hydrogens is 274 g/mol. The topological polar surface area (TPSA) is 58.6 Å². The molecule has 0 radical (unpaired) electrons. The van der Waals surface area contributed by atoms with Crippen LogP contribution in [0.5, 0.6) is 0 Å². The molecule has 0 aromatic carbocycles. The number of carbonyl (C=O) groups excluding carboxylic acids is 1. The summed E-state index contributed by atoms with van der Waals surface area (Å²) in [5.74, 6) is -0.0207. The molecule has 1 atom stereocenters. The zero-order chi connectivity index (χ0) is 14.4. The van der Waals surface area contributed by atoms with Crippen molar-refractivity contribution < 1.29 is 14.6 Å². The van der Waals surface area contributed by atoms with Crippen molar-refractivity contribution in [2.45, 2.75) is 44.6 Å². The average molecular weight is 297 g/mol. The lowest BCUT2D eigenvalue weighted by Crippen LogP contribution is -2.27. The minimum atomic E-state index is -0.514. The number of aliphatic hydroxyl groups is 1. The molecule has 1 aromatic heterocycles. The van der Waals surface area contributed by atoms with E-state index in [1.807, 2.05) is 6.07 Å². The van der Waals surface area contributed by atoms with Gasteiger partial charge in [0.25, 0.3) is 5.91 Å². The molecule has 0 saturated heterocycles. The smallest absolute Gasteiger partial charge is 0.261 e. The number of aliphatic hydroxyl groups excluding tert-OH is 1. The third-order valence-corrected chi connectivity index (χ3v) is 4.83. The van der Waals surface area contributed by atoms with Gasteiger partial charge in [0, 0.05) is 18.5 Å². The van der Waals surface area contributed by atoms with Gasteiger partial charge < -0.3 is 15.2 Å². The molecule has 5 heteroatoms. The van der Waals surface area contributed by atoms with Crippen molar-refractivity contribution in [1.82, 2.24) is 5.32 Å². The number of hydrogen-bond donors (Lipinski definition) is 2. The molecule has 0 fully saturated rings. The quantitative estimate of drug-likeness (QED) is 0.791. The van der Waals surface area contributed by atoms with Crippen LogP contribution in [0.4, 0.5) is 0 Å². The molecule has 0 saturated carbocycles. The number of methoxy groups -OCH3 is 1. The maximum Gasteiger partial charge on any atom is 0.261 e. The second-order valence-corrected chi connectivity index (χ2v) is 6.41. The van der Waals surface area contributed by atoms with Crippen LogP contribution in [-0.4, -0.2) is 37.4 Å². The van der Waals surface area contributed by atoms with Crippen molar-refractivity contribution in [3.63, 3.8) is 0 Å². The Hall–Kier alpha value is -0.910. The number of amides is 1. The summed E-state index contributed by atoms with van der Waals surface area (Å²) in [5, 5.41) is 12.4. The monoisotopic (exact) mass is 297 g/mol. The van der Waals surface area contributed by atoms with Crippen LogP contribution in [-0.2, 0) is 17.6 Å². The van der Waals surface area contributed by atoms with E-state index in [-0.39, 0.29) is 5.91 Å². The van der Waals surface area contributed by atoms with Gasteiger partial charge in [-0.25, -0.2) is 0 Å². The molecule has 20 heavy (non-hydrogen) atoms. The van der Waals surface area contributed by atoms with E-state index in [4.69, 9.17) is 4.74 Å². The molecule has 112 valence electrons. The highest BCUT2D eigenvalue weighted by atomic mass is 32.1. The van der Waals surface area contributed by atoms with Crippen LogP contribution in [0.1, 0.15) is 45.8 Å². The van der Waals surface area contributed by atoms with Gasteiger partial charge in [0.1, 0.15) is 0 Å². The van der Waals surface area contributed by atoms with Crippen LogP contribution in [0.15, 0.2) is 6.07 Å². The molecule has 2 rings (SSSR count). The van der Waals surface area contributed by atoms with E-state index in [2.05, 4.69) is 5.32 Å². The highest BCUT2D eigenvalue weighted by Gasteiger charge is 2.16. The first-order valence-corrected chi connectivity index (χ1v) is 8.09. The molecule has 0 aliphatic heterocycles. The summed E-state index contributed by atoms with van der Waals surface area (Å²) in [6.07, 6.45) is 5.97. The van der Waals surface area contributed by atoms with Crippen LogP contribution >= 0.6 is 11.3 Å². The Bertz CT molecular complexity index is 421. The fraction of sp³-hybridized carbons (Fsp3) is 0.667. The summed E-state index contributed by atoms with van der Waals surface area (Å²) in [5.41, 5.74) is 1.36. The van der Waals surface area contributed by atoms with Crippen molar-refractivity contribution in [3.05, 3.63) is 21.4 Å². The molecule has 1 aliphatic rings. The van der Waals surface area contributed by atoms with Crippen molar-refractivity contribution >= 4 is 17.2 Å². The minimum Gasteiger partial charge on any atom is -0.391 e. The maximum absolute atomic E-state index is 12.1. The lowest BCUT2D eigenvalue weighted by molar-refractivity contribution is 0.0588. The SMILES string of the molecule is COCC(O)CCNC(=O)c1cc2c(s1)CCCCC2. The van der Waals surface area contributed by atoms with E-state index in [0.717, 1.165) is 17.7 Å². The fourth-order valence-corrected chi connectivity index (χ4v) is 3.66. The van der Waals surface area contributed by atoms with E-state index in [1.165, 1.54) is 29.7 Å². The Morgan fingerprint density at radius 1 is 1.45 bits per heavy atom. The van der Waals surface area contributed by atoms with E-state index in [1.54, 1.807) is 18.4 Å². The van der Waals surface area contributed by atoms with E-state index in [0.29, 0.717) is 19.6 Å². The zero-order valence-corrected chi connectivity index (χ0v) is 12.8. The van der Waals surface area contributed by atoms with Gasteiger partial charge in [-0.1, -0.05) is 6.42 Å². The number of carbonyl (C=O) groups is 1. The third-order valence-electron chi connectivity index (χ3n) is 3.59. The first kappa shape index (κ1) is 15.5. The van der Waals surface area contributed by atoms with E-state index in [9.17, 15) is 9.90 Å². The Balaban J connectivity index is 1.83. The second kappa shape index (κ2) is 7.76. The first-order valence-electron chi connectivity index (χ1n) is 7.27. The number of rotatable bonds is 6. The summed E-state index contributed by atoms with van der Waals surface area (Å²) >= 11 is 1.63. The Morgan fingerprint density at radius 3 is 3.05 bits per heavy atom. The largest absolute Gasteiger partial charge is 0.391 e. The van der Waals surface area contributed by atoms with Crippen molar-refractivity contribution in [2.24, 2.45) is 0 Å². The standard InChI is InChI=1S/C15H23NO3S/c1-19-10-12(17)7-8-16-15(18)14-9-11-5-3-2-4-6-13(11)20-14/h9,12,17H,2-8,10H2,1H3,(H,16,18). The van der Waals surface area contributed by atoms with Crippen LogP contribution in [0.2, 0.25) is 0 Å². The highest BCUT2D eigenvalue weighted by Crippen LogP contribution is 2.28. The molecule has 0 bridgehead atoms. The van der Waals surface area contributed by atoms with Crippen LogP contribution in [0.3, 0.4) is 0 Å². The minimum absolute atomic E-state index is 0.0207. The first-order chi connectivity index (χ1) is 9.70. The molecular formula is C15H23NO3S. The molecule has 1 unspecified atom stereocenters. The lowest BCUT2D eigenvalue weighted by Gasteiger charge is -2.09. The summed E-state index contributed by atoms with van der Waals surface area (Å²) < 4.78 is 4.85. The van der Waals surface area contributed by atoms with Crippen LogP contribution in [0.25, 0.3) is 0 Å². The van der Waals surface area contributed by atoms with Gasteiger partial charge in [-0.3, -0.25) is 4.79 Å². The Kier molecular flexibility index (Phi) is 6.01. The Morgan fingerprint density at radius 2 is 2.25 bits per heavy atom. The van der Waals surface area contributed by atoms with Gasteiger partial charge in [-0.15, -0.1) is 11.3 Å². The predicted molar refractivity (Wildman–Crippen MR) is 80.4 cm³/mol. The molecule has 2 N–H and O–H groups in total. The van der Waals surface area contributed by atoms with Crippen LogP contribution in [0, 0.1) is 0 Å². The number of thiophene rings is 1. The molecule has 4 nitrogen and oxygen atoms in total. The van der Waals surface area contributed by atoms with Crippen molar-refractivity contribution in [2.75, 3.05) is 20.3 Å². The lowest BCUT2D eigenvalue weighted by atomic mass is 10.1. The molecule has 1 heterocycles. The third kappa shape index (κ3) is 4.30. The number of ether oxygens (including phenoxy) is 1.